The molecule has 0 unspecified atom stereocenters. The van der Waals surface area contributed by atoms with Gasteiger partial charge in [0.25, 0.3) is 5.91 Å². The van der Waals surface area contributed by atoms with Crippen molar-refractivity contribution in [1.29, 1.82) is 0 Å². The molecule has 0 saturated heterocycles. The van der Waals surface area contributed by atoms with E-state index in [4.69, 9.17) is 11.6 Å². The van der Waals surface area contributed by atoms with Gasteiger partial charge in [-0.15, -0.1) is 0 Å². The van der Waals surface area contributed by atoms with Crippen molar-refractivity contribution in [3.63, 3.8) is 0 Å². The van der Waals surface area contributed by atoms with E-state index in [9.17, 15) is 14.4 Å². The van der Waals surface area contributed by atoms with E-state index in [0.717, 1.165) is 5.56 Å². The number of hydrogen-bond donors (Lipinski definition) is 3. The van der Waals surface area contributed by atoms with Gasteiger partial charge in [0.2, 0.25) is 11.8 Å². The first-order chi connectivity index (χ1) is 12.9. The molecule has 0 spiro atoms. The maximum absolute atomic E-state index is 11.9. The van der Waals surface area contributed by atoms with Crippen LogP contribution in [0.3, 0.4) is 0 Å². The fraction of sp³-hybridized carbons (Fsp3) is 0.150. The first kappa shape index (κ1) is 20.2. The number of carbonyl (C=O) groups is 3. The third kappa shape index (κ3) is 7.33. The molecule has 2 aromatic rings. The Morgan fingerprint density at radius 3 is 2.19 bits per heavy atom. The summed E-state index contributed by atoms with van der Waals surface area (Å²) in [5.41, 5.74) is 2.03. The van der Waals surface area contributed by atoms with E-state index in [1.54, 1.807) is 54.6 Å². The zero-order valence-electron chi connectivity index (χ0n) is 14.8. The molecule has 0 atom stereocenters. The Kier molecular flexibility index (Phi) is 7.58. The maximum Gasteiger partial charge on any atom is 0.251 e. The van der Waals surface area contributed by atoms with Crippen LogP contribution in [-0.4, -0.2) is 30.8 Å². The van der Waals surface area contributed by atoms with E-state index >= 15 is 0 Å². The van der Waals surface area contributed by atoms with E-state index in [2.05, 4.69) is 16.0 Å². The van der Waals surface area contributed by atoms with Crippen LogP contribution >= 0.6 is 11.6 Å². The Morgan fingerprint density at radius 2 is 1.56 bits per heavy atom. The van der Waals surface area contributed by atoms with E-state index in [1.165, 1.54) is 13.0 Å². The smallest absolute Gasteiger partial charge is 0.251 e. The highest BCUT2D eigenvalue weighted by atomic mass is 35.5. The lowest BCUT2D eigenvalue weighted by atomic mass is 10.2. The molecular weight excluding hydrogens is 366 g/mol. The van der Waals surface area contributed by atoms with E-state index in [1.807, 2.05) is 0 Å². The largest absolute Gasteiger partial charge is 0.351 e. The summed E-state index contributed by atoms with van der Waals surface area (Å²) in [6.07, 6.45) is 3.08. The van der Waals surface area contributed by atoms with Crippen molar-refractivity contribution in [2.45, 2.75) is 6.92 Å². The highest BCUT2D eigenvalue weighted by Gasteiger charge is 2.04. The summed E-state index contributed by atoms with van der Waals surface area (Å²) in [6.45, 7) is 2.06. The monoisotopic (exact) mass is 385 g/mol. The second-order valence-corrected chi connectivity index (χ2v) is 6.13. The molecule has 0 aromatic heterocycles. The van der Waals surface area contributed by atoms with E-state index in [0.29, 0.717) is 29.4 Å². The van der Waals surface area contributed by atoms with Gasteiger partial charge in [-0.3, -0.25) is 14.4 Å². The molecule has 7 heteroatoms. The van der Waals surface area contributed by atoms with Crippen LogP contribution in [0.2, 0.25) is 5.02 Å². The Balaban J connectivity index is 1.71. The molecule has 0 aliphatic carbocycles. The summed E-state index contributed by atoms with van der Waals surface area (Å²) < 4.78 is 0. The molecule has 6 nitrogen and oxygen atoms in total. The lowest BCUT2D eigenvalue weighted by Crippen LogP contribution is -2.33. The van der Waals surface area contributed by atoms with Gasteiger partial charge in [-0.25, -0.2) is 0 Å². The third-order valence-corrected chi connectivity index (χ3v) is 3.73. The van der Waals surface area contributed by atoms with Gasteiger partial charge in [0, 0.05) is 42.4 Å². The number of hydrogen-bond acceptors (Lipinski definition) is 3. The fourth-order valence-electron chi connectivity index (χ4n) is 2.18. The molecule has 3 amide bonds. The van der Waals surface area contributed by atoms with Crippen molar-refractivity contribution in [3.8, 4) is 0 Å². The first-order valence-electron chi connectivity index (χ1n) is 8.31. The van der Waals surface area contributed by atoms with Crippen LogP contribution in [0.4, 0.5) is 5.69 Å². The molecule has 0 bridgehead atoms. The lowest BCUT2D eigenvalue weighted by molar-refractivity contribution is -0.116. The Morgan fingerprint density at radius 1 is 0.926 bits per heavy atom. The third-order valence-electron chi connectivity index (χ3n) is 3.47. The summed E-state index contributed by atoms with van der Waals surface area (Å²) in [4.78, 5) is 34.7. The number of nitrogens with one attached hydrogen (secondary N) is 3. The number of carbonyl (C=O) groups excluding carboxylic acids is 3. The summed E-state index contributed by atoms with van der Waals surface area (Å²) in [5, 5.41) is 8.64. The van der Waals surface area contributed by atoms with Crippen molar-refractivity contribution < 1.29 is 14.4 Å². The quantitative estimate of drug-likeness (QED) is 0.506. The van der Waals surface area contributed by atoms with Crippen LogP contribution in [0.15, 0.2) is 54.6 Å². The average molecular weight is 386 g/mol. The Bertz CT molecular complexity index is 831. The minimum Gasteiger partial charge on any atom is -0.351 e. The fourth-order valence-corrected chi connectivity index (χ4v) is 2.30. The predicted octanol–water partition coefficient (Wildman–Crippen LogP) is 2.86. The van der Waals surface area contributed by atoms with Gasteiger partial charge in [0.05, 0.1) is 0 Å². The first-order valence-corrected chi connectivity index (χ1v) is 8.69. The van der Waals surface area contributed by atoms with Crippen LogP contribution in [0.5, 0.6) is 0 Å². The van der Waals surface area contributed by atoms with Crippen molar-refractivity contribution in [2.24, 2.45) is 0 Å². The minimum atomic E-state index is -0.262. The highest BCUT2D eigenvalue weighted by molar-refractivity contribution is 6.30. The van der Waals surface area contributed by atoms with Gasteiger partial charge in [0.15, 0.2) is 0 Å². The number of amides is 3. The molecule has 0 heterocycles. The van der Waals surface area contributed by atoms with Crippen molar-refractivity contribution in [3.05, 3.63) is 70.8 Å². The van der Waals surface area contributed by atoms with Crippen molar-refractivity contribution in [2.75, 3.05) is 18.4 Å². The summed E-state index contributed by atoms with van der Waals surface area (Å²) in [6, 6.07) is 13.7. The Labute approximate surface area is 162 Å². The zero-order chi connectivity index (χ0) is 19.6. The second kappa shape index (κ2) is 10.1. The topological polar surface area (TPSA) is 87.3 Å². The molecule has 0 aliphatic heterocycles. The SMILES string of the molecule is CC(=O)Nc1ccc(/C=C/C(=O)NCCNC(=O)c2ccc(Cl)cc2)cc1. The molecule has 27 heavy (non-hydrogen) atoms. The van der Waals surface area contributed by atoms with Crippen LogP contribution < -0.4 is 16.0 Å². The van der Waals surface area contributed by atoms with Crippen LogP contribution in [0, 0.1) is 0 Å². The molecule has 2 rings (SSSR count). The minimum absolute atomic E-state index is 0.138. The number of rotatable bonds is 7. The van der Waals surface area contributed by atoms with Crippen molar-refractivity contribution >= 4 is 41.1 Å². The average Bonchev–Trinajstić information content (AvgIpc) is 2.64. The molecule has 2 aromatic carbocycles. The van der Waals surface area contributed by atoms with E-state index < -0.39 is 0 Å². The summed E-state index contributed by atoms with van der Waals surface area (Å²) >= 11 is 5.78. The standard InChI is InChI=1S/C20H20ClN3O3/c1-14(25)24-18-9-2-15(3-10-18)4-11-19(26)22-12-13-23-20(27)16-5-7-17(21)8-6-16/h2-11H,12-13H2,1H3,(H,22,26)(H,23,27)(H,24,25)/b11-4+. The Hall–Kier alpha value is -3.12. The second-order valence-electron chi connectivity index (χ2n) is 5.69. The number of anilines is 1. The van der Waals surface area contributed by atoms with Gasteiger partial charge < -0.3 is 16.0 Å². The van der Waals surface area contributed by atoms with E-state index in [-0.39, 0.29) is 17.7 Å². The predicted molar refractivity (Wildman–Crippen MR) is 107 cm³/mol. The maximum atomic E-state index is 11.9. The van der Waals surface area contributed by atoms with Gasteiger partial charge >= 0.3 is 0 Å². The van der Waals surface area contributed by atoms with Crippen LogP contribution in [0.1, 0.15) is 22.8 Å². The molecule has 140 valence electrons. The lowest BCUT2D eigenvalue weighted by Gasteiger charge is -2.06. The zero-order valence-corrected chi connectivity index (χ0v) is 15.5. The molecule has 3 N–H and O–H groups in total. The van der Waals surface area contributed by atoms with Gasteiger partial charge in [-0.05, 0) is 48.0 Å². The normalized spacial score (nSPS) is 10.4. The van der Waals surface area contributed by atoms with Gasteiger partial charge in [-0.2, -0.15) is 0 Å². The number of benzene rings is 2. The molecule has 0 fully saturated rings. The highest BCUT2D eigenvalue weighted by Crippen LogP contribution is 2.11. The van der Waals surface area contributed by atoms with Crippen molar-refractivity contribution in [1.82, 2.24) is 10.6 Å². The molecule has 0 aliphatic rings. The molecule has 0 radical (unpaired) electrons. The summed E-state index contributed by atoms with van der Waals surface area (Å²) in [7, 11) is 0. The number of halogens is 1. The van der Waals surface area contributed by atoms with Gasteiger partial charge in [0.1, 0.15) is 0 Å². The molecular formula is C20H20ClN3O3. The van der Waals surface area contributed by atoms with Crippen LogP contribution in [0.25, 0.3) is 6.08 Å². The summed E-state index contributed by atoms with van der Waals surface area (Å²) in [5.74, 6) is -0.627. The van der Waals surface area contributed by atoms with Gasteiger partial charge in [-0.1, -0.05) is 23.7 Å². The van der Waals surface area contributed by atoms with Crippen LogP contribution in [-0.2, 0) is 9.59 Å². The molecule has 0 saturated carbocycles.